The van der Waals surface area contributed by atoms with Crippen LogP contribution >= 0.6 is 22.9 Å². The monoisotopic (exact) mass is 392 g/mol. The van der Waals surface area contributed by atoms with Crippen molar-refractivity contribution in [3.63, 3.8) is 0 Å². The Balaban J connectivity index is 1.53. The van der Waals surface area contributed by atoms with Crippen LogP contribution in [0.1, 0.15) is 10.4 Å². The average Bonchev–Trinajstić information content (AvgIpc) is 3.21. The second-order valence-corrected chi connectivity index (χ2v) is 7.77. The highest BCUT2D eigenvalue weighted by atomic mass is 35.5. The second kappa shape index (κ2) is 6.37. The number of para-hydroxylation sites is 1. The second-order valence-electron chi connectivity index (χ2n) is 6.27. The molecule has 0 radical (unpaired) electrons. The smallest absolute Gasteiger partial charge is 0.345 e. The van der Waals surface area contributed by atoms with Crippen LogP contribution in [0.3, 0.4) is 0 Å². The van der Waals surface area contributed by atoms with Crippen molar-refractivity contribution in [3.05, 3.63) is 92.9 Å². The zero-order chi connectivity index (χ0) is 18.4. The highest BCUT2D eigenvalue weighted by molar-refractivity contribution is 7.17. The van der Waals surface area contributed by atoms with Gasteiger partial charge in [-0.05, 0) is 23.8 Å². The fraction of sp³-hybridized carbons (Fsp3) is 0.0476. The Kier molecular flexibility index (Phi) is 3.85. The number of imidazole rings is 1. The lowest BCUT2D eigenvalue weighted by Crippen LogP contribution is -2.02. The highest BCUT2D eigenvalue weighted by Crippen LogP contribution is 2.27. The molecule has 0 spiro atoms. The molecule has 2 aromatic carbocycles. The van der Waals surface area contributed by atoms with Gasteiger partial charge in [0, 0.05) is 34.1 Å². The van der Waals surface area contributed by atoms with Crippen molar-refractivity contribution in [2.75, 3.05) is 0 Å². The summed E-state index contributed by atoms with van der Waals surface area (Å²) in [5.41, 5.74) is 2.37. The quantitative estimate of drug-likeness (QED) is 0.385. The molecular formula is C21H13ClN2O2S. The molecular weight excluding hydrogens is 380 g/mol. The molecule has 5 aromatic rings. The molecule has 0 aliphatic heterocycles. The topological polar surface area (TPSA) is 47.5 Å². The van der Waals surface area contributed by atoms with E-state index in [0.717, 1.165) is 32.2 Å². The van der Waals surface area contributed by atoms with Gasteiger partial charge in [-0.15, -0.1) is 11.3 Å². The SMILES string of the molecule is O=c1oc2ccccc2cc1-c1cn2cc(Cc3ccccc3Cl)sc2n1. The molecule has 0 saturated heterocycles. The Morgan fingerprint density at radius 3 is 2.74 bits per heavy atom. The van der Waals surface area contributed by atoms with E-state index in [1.807, 2.05) is 65.3 Å². The summed E-state index contributed by atoms with van der Waals surface area (Å²) in [4.78, 5) is 19.0. The highest BCUT2D eigenvalue weighted by Gasteiger charge is 2.14. The first-order valence-electron chi connectivity index (χ1n) is 8.41. The summed E-state index contributed by atoms with van der Waals surface area (Å²) in [5, 5.41) is 1.64. The van der Waals surface area contributed by atoms with Gasteiger partial charge in [0.1, 0.15) is 5.58 Å². The molecule has 0 N–H and O–H groups in total. The van der Waals surface area contributed by atoms with Crippen molar-refractivity contribution in [2.24, 2.45) is 0 Å². The molecule has 3 aromatic heterocycles. The Morgan fingerprint density at radius 2 is 1.89 bits per heavy atom. The van der Waals surface area contributed by atoms with E-state index in [9.17, 15) is 4.79 Å². The number of fused-ring (bicyclic) bond motifs is 2. The van der Waals surface area contributed by atoms with Gasteiger partial charge in [0.2, 0.25) is 0 Å². The average molecular weight is 393 g/mol. The van der Waals surface area contributed by atoms with E-state index in [1.54, 1.807) is 17.4 Å². The van der Waals surface area contributed by atoms with E-state index >= 15 is 0 Å². The molecule has 132 valence electrons. The van der Waals surface area contributed by atoms with Gasteiger partial charge >= 0.3 is 5.63 Å². The maximum atomic E-state index is 12.4. The van der Waals surface area contributed by atoms with Gasteiger partial charge in [0.25, 0.3) is 0 Å². The normalized spacial score (nSPS) is 11.4. The van der Waals surface area contributed by atoms with Crippen molar-refractivity contribution in [2.45, 2.75) is 6.42 Å². The largest absolute Gasteiger partial charge is 0.422 e. The van der Waals surface area contributed by atoms with Crippen LogP contribution in [0, 0.1) is 0 Å². The van der Waals surface area contributed by atoms with Gasteiger partial charge in [-0.1, -0.05) is 48.0 Å². The summed E-state index contributed by atoms with van der Waals surface area (Å²) in [6, 6.07) is 17.1. The fourth-order valence-corrected chi connectivity index (χ4v) is 4.31. The number of rotatable bonds is 3. The van der Waals surface area contributed by atoms with E-state index in [2.05, 4.69) is 4.98 Å². The van der Waals surface area contributed by atoms with Gasteiger partial charge < -0.3 is 4.42 Å². The van der Waals surface area contributed by atoms with E-state index in [0.29, 0.717) is 16.8 Å². The number of nitrogens with zero attached hydrogens (tertiary/aromatic N) is 2. The fourth-order valence-electron chi connectivity index (χ4n) is 3.12. The summed E-state index contributed by atoms with van der Waals surface area (Å²) < 4.78 is 7.36. The van der Waals surface area contributed by atoms with Gasteiger partial charge in [0.15, 0.2) is 4.96 Å². The van der Waals surface area contributed by atoms with Crippen molar-refractivity contribution < 1.29 is 4.42 Å². The van der Waals surface area contributed by atoms with Crippen molar-refractivity contribution >= 4 is 38.9 Å². The first-order valence-corrected chi connectivity index (χ1v) is 9.61. The molecule has 0 unspecified atom stereocenters. The van der Waals surface area contributed by atoms with Crippen LogP contribution in [0.2, 0.25) is 5.02 Å². The standard InChI is InChI=1S/C21H13ClN2O2S/c22-17-7-3-1-5-13(17)9-15-11-24-12-18(23-21(24)27-15)16-10-14-6-2-4-8-19(14)26-20(16)25/h1-8,10-12H,9H2. The summed E-state index contributed by atoms with van der Waals surface area (Å²) in [6.07, 6.45) is 4.65. The van der Waals surface area contributed by atoms with Crippen LogP contribution in [0.25, 0.3) is 27.2 Å². The Morgan fingerprint density at radius 1 is 1.07 bits per heavy atom. The Labute approximate surface area is 163 Å². The molecule has 0 saturated carbocycles. The Bertz CT molecular complexity index is 1320. The Hall–Kier alpha value is -2.89. The third-order valence-electron chi connectivity index (χ3n) is 4.44. The third kappa shape index (κ3) is 2.95. The summed E-state index contributed by atoms with van der Waals surface area (Å²) >= 11 is 7.84. The minimum Gasteiger partial charge on any atom is -0.422 e. The number of thiazole rings is 1. The van der Waals surface area contributed by atoms with Crippen LogP contribution < -0.4 is 5.63 Å². The molecule has 0 atom stereocenters. The molecule has 27 heavy (non-hydrogen) atoms. The van der Waals surface area contributed by atoms with E-state index in [1.165, 1.54) is 0 Å². The van der Waals surface area contributed by atoms with Crippen LogP contribution in [-0.4, -0.2) is 9.38 Å². The van der Waals surface area contributed by atoms with Gasteiger partial charge in [-0.25, -0.2) is 9.78 Å². The van der Waals surface area contributed by atoms with E-state index < -0.39 is 0 Å². The predicted molar refractivity (Wildman–Crippen MR) is 109 cm³/mol. The van der Waals surface area contributed by atoms with Crippen LogP contribution in [0.4, 0.5) is 0 Å². The lowest BCUT2D eigenvalue weighted by Gasteiger charge is -2.00. The van der Waals surface area contributed by atoms with Crippen LogP contribution in [0.5, 0.6) is 0 Å². The zero-order valence-electron chi connectivity index (χ0n) is 14.1. The van der Waals surface area contributed by atoms with E-state index in [4.69, 9.17) is 16.0 Å². The van der Waals surface area contributed by atoms with Crippen molar-refractivity contribution in [1.82, 2.24) is 9.38 Å². The summed E-state index contributed by atoms with van der Waals surface area (Å²) in [7, 11) is 0. The lowest BCUT2D eigenvalue weighted by atomic mass is 10.1. The summed E-state index contributed by atoms with van der Waals surface area (Å²) in [5.74, 6) is 0. The molecule has 0 aliphatic rings. The molecule has 0 amide bonds. The number of hydrogen-bond donors (Lipinski definition) is 0. The first-order chi connectivity index (χ1) is 13.2. The molecule has 6 heteroatoms. The number of aromatic nitrogens is 2. The first kappa shape index (κ1) is 16.3. The molecule has 0 fully saturated rings. The molecule has 5 rings (SSSR count). The van der Waals surface area contributed by atoms with Crippen LogP contribution in [0.15, 0.2) is 76.2 Å². The van der Waals surface area contributed by atoms with Gasteiger partial charge in [0.05, 0.1) is 11.3 Å². The minimum atomic E-state index is -0.379. The van der Waals surface area contributed by atoms with Crippen molar-refractivity contribution in [3.8, 4) is 11.3 Å². The third-order valence-corrected chi connectivity index (χ3v) is 5.81. The maximum Gasteiger partial charge on any atom is 0.345 e. The van der Waals surface area contributed by atoms with Gasteiger partial charge in [-0.2, -0.15) is 0 Å². The lowest BCUT2D eigenvalue weighted by molar-refractivity contribution is 0.563. The predicted octanol–water partition coefficient (Wildman–Crippen LogP) is 5.41. The van der Waals surface area contributed by atoms with Gasteiger partial charge in [-0.3, -0.25) is 4.40 Å². The van der Waals surface area contributed by atoms with Crippen LogP contribution in [-0.2, 0) is 6.42 Å². The number of hydrogen-bond acceptors (Lipinski definition) is 4. The van der Waals surface area contributed by atoms with Crippen molar-refractivity contribution in [1.29, 1.82) is 0 Å². The summed E-state index contributed by atoms with van der Waals surface area (Å²) in [6.45, 7) is 0. The van der Waals surface area contributed by atoms with E-state index in [-0.39, 0.29) is 5.63 Å². The number of halogens is 1. The number of benzene rings is 2. The molecule has 3 heterocycles. The zero-order valence-corrected chi connectivity index (χ0v) is 15.6. The molecule has 0 bridgehead atoms. The maximum absolute atomic E-state index is 12.4. The molecule has 4 nitrogen and oxygen atoms in total. The minimum absolute atomic E-state index is 0.379. The molecule has 0 aliphatic carbocycles.